The zero-order chi connectivity index (χ0) is 21.8. The predicted octanol–water partition coefficient (Wildman–Crippen LogP) is 1.89. The summed E-state index contributed by atoms with van der Waals surface area (Å²) in [5.74, 6) is -4.56. The van der Waals surface area contributed by atoms with Gasteiger partial charge in [0.2, 0.25) is 6.10 Å². The van der Waals surface area contributed by atoms with Crippen molar-refractivity contribution in [2.45, 2.75) is 44.3 Å². The van der Waals surface area contributed by atoms with E-state index in [1.165, 1.54) is 12.1 Å². The molecule has 0 amide bonds. The first-order valence-electron chi connectivity index (χ1n) is 8.98. The molecule has 7 nitrogen and oxygen atoms in total. The summed E-state index contributed by atoms with van der Waals surface area (Å²) in [6, 6.07) is 3.96. The maximum atomic E-state index is 13.0. The Balaban J connectivity index is 2.28. The topological polar surface area (TPSA) is 107 Å². The van der Waals surface area contributed by atoms with Crippen molar-refractivity contribution in [2.24, 2.45) is 5.92 Å². The molecule has 2 rings (SSSR count). The number of benzene rings is 1. The third-order valence-electron chi connectivity index (χ3n) is 4.55. The van der Waals surface area contributed by atoms with E-state index in [2.05, 4.69) is 4.74 Å². The average Bonchev–Trinajstić information content (AvgIpc) is 3.13. The van der Waals surface area contributed by atoms with E-state index < -0.39 is 45.7 Å². The Bertz CT molecular complexity index is 864. The summed E-state index contributed by atoms with van der Waals surface area (Å²) in [5.41, 5.74) is 0.221. The van der Waals surface area contributed by atoms with Gasteiger partial charge in [0.15, 0.2) is 0 Å². The largest absolute Gasteiger partial charge is 0.448 e. The Morgan fingerprint density at radius 2 is 1.86 bits per heavy atom. The molecule has 0 aliphatic heterocycles. The van der Waals surface area contributed by atoms with Crippen LogP contribution in [0.5, 0.6) is 5.75 Å². The summed E-state index contributed by atoms with van der Waals surface area (Å²) >= 11 is 0. The van der Waals surface area contributed by atoms with E-state index in [-0.39, 0.29) is 11.7 Å². The standard InChI is InChI=1S/C17H20BF3O7S/c18-8-10-5-6-12(13(7-10)27-15(22)11-3-1-2-4-11)16(23)28-14(17(19,20)21)9-29(24,25)26/h5-7,11,14H,1-4,8-9,18H2,(H,24,25,26). The van der Waals surface area contributed by atoms with Gasteiger partial charge in [-0.15, -0.1) is 0 Å². The van der Waals surface area contributed by atoms with Crippen LogP contribution in [0.4, 0.5) is 13.2 Å². The van der Waals surface area contributed by atoms with E-state index in [9.17, 15) is 31.2 Å². The Morgan fingerprint density at radius 3 is 2.38 bits per heavy atom. The molecule has 1 aliphatic carbocycles. The smallest absolute Gasteiger partial charge is 0.426 e. The molecule has 1 aromatic rings. The van der Waals surface area contributed by atoms with Crippen LogP contribution in [0.2, 0.25) is 0 Å². The first-order valence-corrected chi connectivity index (χ1v) is 10.6. The lowest BCUT2D eigenvalue weighted by molar-refractivity contribution is -0.197. The highest BCUT2D eigenvalue weighted by molar-refractivity contribution is 7.85. The van der Waals surface area contributed by atoms with Crippen LogP contribution in [0.25, 0.3) is 0 Å². The molecule has 1 N–H and O–H groups in total. The van der Waals surface area contributed by atoms with Gasteiger partial charge in [0.25, 0.3) is 10.1 Å². The molecule has 1 aromatic carbocycles. The summed E-state index contributed by atoms with van der Waals surface area (Å²) in [4.78, 5) is 24.6. The van der Waals surface area contributed by atoms with Crippen LogP contribution in [-0.4, -0.2) is 50.8 Å². The third-order valence-corrected chi connectivity index (χ3v) is 5.27. The minimum Gasteiger partial charge on any atom is -0.448 e. The highest BCUT2D eigenvalue weighted by Gasteiger charge is 2.46. The highest BCUT2D eigenvalue weighted by atomic mass is 32.2. The summed E-state index contributed by atoms with van der Waals surface area (Å²) in [5, 5.41) is 0. The van der Waals surface area contributed by atoms with Gasteiger partial charge >= 0.3 is 18.1 Å². The van der Waals surface area contributed by atoms with Crippen LogP contribution < -0.4 is 4.74 Å². The molecular formula is C17H20BF3O7S. The fourth-order valence-corrected chi connectivity index (χ4v) is 3.61. The van der Waals surface area contributed by atoms with Crippen LogP contribution in [0, 0.1) is 5.92 Å². The van der Waals surface area contributed by atoms with Gasteiger partial charge in [-0.3, -0.25) is 9.35 Å². The molecule has 0 bridgehead atoms. The van der Waals surface area contributed by atoms with Crippen molar-refractivity contribution < 1.29 is 45.2 Å². The molecule has 1 atom stereocenters. The second kappa shape index (κ2) is 9.16. The van der Waals surface area contributed by atoms with E-state index in [0.717, 1.165) is 18.9 Å². The van der Waals surface area contributed by atoms with Crippen LogP contribution in [0.15, 0.2) is 18.2 Å². The van der Waals surface area contributed by atoms with Crippen molar-refractivity contribution in [1.29, 1.82) is 0 Å². The molecule has 160 valence electrons. The van der Waals surface area contributed by atoms with E-state index in [0.29, 0.717) is 24.7 Å². The zero-order valence-electron chi connectivity index (χ0n) is 15.6. The molecule has 0 heterocycles. The van der Waals surface area contributed by atoms with Crippen molar-refractivity contribution in [3.63, 3.8) is 0 Å². The Morgan fingerprint density at radius 1 is 1.24 bits per heavy atom. The van der Waals surface area contributed by atoms with Gasteiger partial charge in [-0.2, -0.15) is 21.6 Å². The van der Waals surface area contributed by atoms with E-state index in [1.54, 1.807) is 7.85 Å². The molecule has 29 heavy (non-hydrogen) atoms. The molecule has 1 saturated carbocycles. The lowest BCUT2D eigenvalue weighted by Gasteiger charge is -2.20. The van der Waals surface area contributed by atoms with E-state index in [1.807, 2.05) is 0 Å². The van der Waals surface area contributed by atoms with Gasteiger partial charge in [-0.25, -0.2) is 4.79 Å². The number of hydrogen-bond acceptors (Lipinski definition) is 6. The molecule has 0 saturated heterocycles. The zero-order valence-corrected chi connectivity index (χ0v) is 16.4. The lowest BCUT2D eigenvalue weighted by Crippen LogP contribution is -2.39. The lowest BCUT2D eigenvalue weighted by atomic mass is 9.95. The molecule has 12 heteroatoms. The molecule has 1 unspecified atom stereocenters. The number of esters is 2. The fraction of sp³-hybridized carbons (Fsp3) is 0.529. The van der Waals surface area contributed by atoms with E-state index >= 15 is 0 Å². The summed E-state index contributed by atoms with van der Waals surface area (Å²) in [6.07, 6.45) is -4.84. The molecule has 0 spiro atoms. The van der Waals surface area contributed by atoms with Crippen molar-refractivity contribution in [1.82, 2.24) is 0 Å². The van der Waals surface area contributed by atoms with Crippen molar-refractivity contribution in [3.05, 3.63) is 29.3 Å². The quantitative estimate of drug-likeness (QED) is 0.301. The third kappa shape index (κ3) is 6.74. The predicted molar refractivity (Wildman–Crippen MR) is 98.0 cm³/mol. The highest BCUT2D eigenvalue weighted by Crippen LogP contribution is 2.30. The SMILES string of the molecule is BCc1ccc(C(=O)OC(CS(=O)(=O)O)C(F)(F)F)c(OC(=O)C2CCCC2)c1. The minimum atomic E-state index is -5.23. The summed E-state index contributed by atoms with van der Waals surface area (Å²) in [6.45, 7) is 0. The Hall–Kier alpha value is -2.08. The number of rotatable bonds is 7. The van der Waals surface area contributed by atoms with Gasteiger partial charge in [0.1, 0.15) is 24.9 Å². The van der Waals surface area contributed by atoms with Crippen molar-refractivity contribution in [2.75, 3.05) is 5.75 Å². The Kier molecular flexibility index (Phi) is 7.33. The maximum Gasteiger partial charge on any atom is 0.426 e. The van der Waals surface area contributed by atoms with Gasteiger partial charge in [0, 0.05) is 0 Å². The first-order chi connectivity index (χ1) is 13.4. The number of halogens is 3. The molecular weight excluding hydrogens is 416 g/mol. The number of carbonyl (C=O) groups excluding carboxylic acids is 2. The van der Waals surface area contributed by atoms with Crippen molar-refractivity contribution in [3.8, 4) is 5.75 Å². The second-order valence-corrected chi connectivity index (χ2v) is 8.27. The normalized spacial score (nSPS) is 16.4. The monoisotopic (exact) mass is 436 g/mol. The maximum absolute atomic E-state index is 13.0. The van der Waals surface area contributed by atoms with Gasteiger partial charge < -0.3 is 9.47 Å². The van der Waals surface area contributed by atoms with Crippen LogP contribution in [0.1, 0.15) is 41.6 Å². The molecule has 0 radical (unpaired) electrons. The van der Waals surface area contributed by atoms with Crippen LogP contribution in [0.3, 0.4) is 0 Å². The van der Waals surface area contributed by atoms with Crippen LogP contribution in [-0.2, 0) is 26.0 Å². The Labute approximate surface area is 166 Å². The number of carbonyl (C=O) groups is 2. The van der Waals surface area contributed by atoms with Gasteiger partial charge in [-0.1, -0.05) is 30.8 Å². The molecule has 1 aliphatic rings. The second-order valence-electron chi connectivity index (χ2n) is 6.77. The summed E-state index contributed by atoms with van der Waals surface area (Å²) in [7, 11) is -3.27. The molecule has 0 aromatic heterocycles. The number of alkyl halides is 3. The van der Waals surface area contributed by atoms with Gasteiger partial charge in [0.05, 0.1) is 5.92 Å². The van der Waals surface area contributed by atoms with Gasteiger partial charge in [-0.05, 0) is 25.0 Å². The summed E-state index contributed by atoms with van der Waals surface area (Å²) < 4.78 is 79.0. The molecule has 1 fully saturated rings. The number of hydrogen-bond donors (Lipinski definition) is 1. The fourth-order valence-electron chi connectivity index (χ4n) is 2.97. The minimum absolute atomic E-state index is 0.251. The number of ether oxygens (including phenoxy) is 2. The van der Waals surface area contributed by atoms with E-state index in [4.69, 9.17) is 9.29 Å². The van der Waals surface area contributed by atoms with Crippen molar-refractivity contribution >= 4 is 29.9 Å². The van der Waals surface area contributed by atoms with Crippen LogP contribution >= 0.6 is 0 Å². The first kappa shape index (κ1) is 23.2. The average molecular weight is 436 g/mol.